The van der Waals surface area contributed by atoms with Crippen LogP contribution in [0.2, 0.25) is 0 Å². The highest BCUT2D eigenvalue weighted by molar-refractivity contribution is 5.91. The quantitative estimate of drug-likeness (QED) is 0.860. The maximum atomic E-state index is 12.6. The molecule has 27 heavy (non-hydrogen) atoms. The molecule has 1 spiro atoms. The highest BCUT2D eigenvalue weighted by Crippen LogP contribution is 2.53. The third kappa shape index (κ3) is 3.14. The first-order chi connectivity index (χ1) is 13.0. The van der Waals surface area contributed by atoms with Gasteiger partial charge in [0.25, 0.3) is 0 Å². The average molecular weight is 373 g/mol. The van der Waals surface area contributed by atoms with E-state index in [1.807, 2.05) is 6.92 Å². The molecule has 7 nitrogen and oxygen atoms in total. The van der Waals surface area contributed by atoms with Crippen LogP contribution < -0.4 is 16.4 Å². The molecule has 2 aliphatic carbocycles. The minimum absolute atomic E-state index is 0.0851. The van der Waals surface area contributed by atoms with Gasteiger partial charge in [0.1, 0.15) is 0 Å². The summed E-state index contributed by atoms with van der Waals surface area (Å²) in [4.78, 5) is 24.2. The van der Waals surface area contributed by atoms with Crippen LogP contribution in [0.4, 0.5) is 10.5 Å². The molecule has 0 bridgehead atoms. The van der Waals surface area contributed by atoms with Gasteiger partial charge in [0.2, 0.25) is 0 Å². The molecule has 1 aromatic heterocycles. The number of urea groups is 1. The molecule has 7 heteroatoms. The number of benzene rings is 1. The normalized spacial score (nSPS) is 23.9. The zero-order valence-electron chi connectivity index (χ0n) is 15.9. The lowest BCUT2D eigenvalue weighted by atomic mass is 9.55. The Labute approximate surface area is 158 Å². The summed E-state index contributed by atoms with van der Waals surface area (Å²) in [5.41, 5.74) is 1.85. The van der Waals surface area contributed by atoms with Crippen molar-refractivity contribution in [2.45, 2.75) is 57.6 Å². The molecule has 146 valence electrons. The molecule has 1 aromatic carbocycles. The van der Waals surface area contributed by atoms with Crippen LogP contribution in [0.15, 0.2) is 27.4 Å². The molecule has 2 fully saturated rings. The van der Waals surface area contributed by atoms with Gasteiger partial charge in [-0.15, -0.1) is 0 Å². The lowest BCUT2D eigenvalue weighted by Crippen LogP contribution is -2.65. The zero-order chi connectivity index (χ0) is 19.0. The third-order valence-electron chi connectivity index (χ3n) is 6.29. The zero-order valence-corrected chi connectivity index (χ0v) is 15.9. The van der Waals surface area contributed by atoms with Gasteiger partial charge in [0.05, 0.1) is 11.6 Å². The maximum Gasteiger partial charge on any atom is 0.419 e. The number of fused-ring (bicyclic) bond motifs is 1. The first-order valence-corrected chi connectivity index (χ1v) is 9.82. The number of hydrogen-bond donors (Lipinski definition) is 2. The first-order valence-electron chi connectivity index (χ1n) is 9.82. The number of oxazole rings is 1. The Hall–Kier alpha value is -2.28. The van der Waals surface area contributed by atoms with Gasteiger partial charge < -0.3 is 19.8 Å². The number of amides is 2. The van der Waals surface area contributed by atoms with E-state index in [2.05, 4.69) is 10.6 Å². The van der Waals surface area contributed by atoms with Gasteiger partial charge in [-0.2, -0.15) is 0 Å². The summed E-state index contributed by atoms with van der Waals surface area (Å²) in [5, 5.41) is 6.02. The van der Waals surface area contributed by atoms with Crippen molar-refractivity contribution in [3.8, 4) is 0 Å². The number of aromatic nitrogens is 1. The Morgan fingerprint density at radius 1 is 1.33 bits per heavy atom. The number of anilines is 1. The molecule has 2 amide bonds. The van der Waals surface area contributed by atoms with Gasteiger partial charge in [-0.25, -0.2) is 9.59 Å². The summed E-state index contributed by atoms with van der Waals surface area (Å²) in [6, 6.07) is 5.14. The molecule has 2 N–H and O–H groups in total. The minimum Gasteiger partial charge on any atom is -0.408 e. The predicted octanol–water partition coefficient (Wildman–Crippen LogP) is 3.38. The molecule has 4 rings (SSSR count). The second kappa shape index (κ2) is 7.03. The van der Waals surface area contributed by atoms with E-state index in [-0.39, 0.29) is 23.6 Å². The van der Waals surface area contributed by atoms with Crippen molar-refractivity contribution in [1.29, 1.82) is 0 Å². The summed E-state index contributed by atoms with van der Waals surface area (Å²) < 4.78 is 12.6. The molecular weight excluding hydrogens is 346 g/mol. The van der Waals surface area contributed by atoms with Gasteiger partial charge in [0.15, 0.2) is 5.58 Å². The number of carbonyl (C=O) groups excluding carboxylic acids is 1. The topological polar surface area (TPSA) is 85.5 Å². The van der Waals surface area contributed by atoms with E-state index in [0.29, 0.717) is 23.4 Å². The average Bonchev–Trinajstić information content (AvgIpc) is 2.95. The largest absolute Gasteiger partial charge is 0.419 e. The van der Waals surface area contributed by atoms with Gasteiger partial charge in [0, 0.05) is 36.9 Å². The fraction of sp³-hybridized carbons (Fsp3) is 0.600. The molecule has 2 atom stereocenters. The number of ether oxygens (including phenoxy) is 1. The van der Waals surface area contributed by atoms with E-state index in [4.69, 9.17) is 9.15 Å². The smallest absolute Gasteiger partial charge is 0.408 e. The summed E-state index contributed by atoms with van der Waals surface area (Å²) in [6.07, 6.45) is 7.02. The molecule has 2 saturated carbocycles. The number of rotatable bonds is 4. The lowest BCUT2D eigenvalue weighted by Gasteiger charge is -2.57. The fourth-order valence-electron chi connectivity index (χ4n) is 4.80. The Balaban J connectivity index is 1.44. The van der Waals surface area contributed by atoms with Crippen molar-refractivity contribution in [1.82, 2.24) is 9.88 Å². The number of hydrogen-bond acceptors (Lipinski definition) is 4. The van der Waals surface area contributed by atoms with Crippen molar-refractivity contribution in [3.05, 3.63) is 28.7 Å². The highest BCUT2D eigenvalue weighted by Gasteiger charge is 2.56. The second-order valence-corrected chi connectivity index (χ2v) is 7.73. The molecule has 2 aliphatic rings. The van der Waals surface area contributed by atoms with E-state index in [1.54, 1.807) is 25.2 Å². The molecule has 1 heterocycles. The summed E-state index contributed by atoms with van der Waals surface area (Å²) in [6.45, 7) is 2.75. The highest BCUT2D eigenvalue weighted by atomic mass is 16.5. The minimum atomic E-state index is -0.415. The van der Waals surface area contributed by atoms with Crippen molar-refractivity contribution in [3.63, 3.8) is 0 Å². The van der Waals surface area contributed by atoms with Gasteiger partial charge in [-0.1, -0.05) is 19.3 Å². The summed E-state index contributed by atoms with van der Waals surface area (Å²) in [5.74, 6) is -0.415. The van der Waals surface area contributed by atoms with Crippen molar-refractivity contribution in [2.75, 3.05) is 11.9 Å². The van der Waals surface area contributed by atoms with Crippen LogP contribution in [0, 0.1) is 5.41 Å². The van der Waals surface area contributed by atoms with Crippen molar-refractivity contribution < 1.29 is 13.9 Å². The monoisotopic (exact) mass is 373 g/mol. The number of carbonyl (C=O) groups is 1. The number of nitrogens with zero attached hydrogens (tertiary/aromatic N) is 1. The van der Waals surface area contributed by atoms with Crippen LogP contribution in [0.5, 0.6) is 0 Å². The third-order valence-corrected chi connectivity index (χ3v) is 6.29. The summed E-state index contributed by atoms with van der Waals surface area (Å²) in [7, 11) is 1.66. The van der Waals surface area contributed by atoms with E-state index < -0.39 is 5.76 Å². The SMILES string of the molecule is CCO[C@H]1C[C@H](NC(=O)Nc2ccc3c(c2)oc(=O)n3C)C12CCCCC2. The second-order valence-electron chi connectivity index (χ2n) is 7.73. The van der Waals surface area contributed by atoms with Crippen LogP contribution in [-0.4, -0.2) is 29.4 Å². The van der Waals surface area contributed by atoms with E-state index in [9.17, 15) is 9.59 Å². The van der Waals surface area contributed by atoms with Crippen LogP contribution in [0.25, 0.3) is 11.1 Å². The fourth-order valence-corrected chi connectivity index (χ4v) is 4.80. The van der Waals surface area contributed by atoms with Crippen LogP contribution >= 0.6 is 0 Å². The molecule has 0 aliphatic heterocycles. The molecule has 0 unspecified atom stereocenters. The Morgan fingerprint density at radius 3 is 2.85 bits per heavy atom. The molecule has 0 radical (unpaired) electrons. The molecule has 2 aromatic rings. The summed E-state index contributed by atoms with van der Waals surface area (Å²) >= 11 is 0. The maximum absolute atomic E-state index is 12.6. The molecular formula is C20H27N3O4. The van der Waals surface area contributed by atoms with E-state index >= 15 is 0 Å². The lowest BCUT2D eigenvalue weighted by molar-refractivity contribution is -0.146. The van der Waals surface area contributed by atoms with Gasteiger partial charge in [-0.3, -0.25) is 4.57 Å². The number of aryl methyl sites for hydroxylation is 1. The van der Waals surface area contributed by atoms with Crippen molar-refractivity contribution >= 4 is 22.8 Å². The van der Waals surface area contributed by atoms with Crippen LogP contribution in [-0.2, 0) is 11.8 Å². The predicted molar refractivity (Wildman–Crippen MR) is 103 cm³/mol. The van der Waals surface area contributed by atoms with Gasteiger partial charge >= 0.3 is 11.8 Å². The van der Waals surface area contributed by atoms with Crippen LogP contribution in [0.3, 0.4) is 0 Å². The Kier molecular flexibility index (Phi) is 4.72. The Bertz CT molecular complexity index is 894. The Morgan fingerprint density at radius 2 is 2.11 bits per heavy atom. The van der Waals surface area contributed by atoms with Crippen LogP contribution in [0.1, 0.15) is 45.4 Å². The van der Waals surface area contributed by atoms with Gasteiger partial charge in [-0.05, 0) is 38.3 Å². The van der Waals surface area contributed by atoms with E-state index in [0.717, 1.165) is 19.3 Å². The number of nitrogens with one attached hydrogen (secondary N) is 2. The first kappa shape index (κ1) is 18.1. The van der Waals surface area contributed by atoms with E-state index in [1.165, 1.54) is 23.8 Å². The standard InChI is InChI=1S/C20H27N3O4/c1-3-26-17-12-16(20(17)9-5-4-6-10-20)22-18(24)21-13-7-8-14-15(11-13)27-19(25)23(14)2/h7-8,11,16-17H,3-6,9-10,12H2,1-2H3,(H2,21,22,24)/t16-,17-/m0/s1. The van der Waals surface area contributed by atoms with Crippen molar-refractivity contribution in [2.24, 2.45) is 12.5 Å². The molecule has 0 saturated heterocycles.